The van der Waals surface area contributed by atoms with Crippen molar-refractivity contribution in [3.63, 3.8) is 0 Å². The zero-order chi connectivity index (χ0) is 18.3. The molecule has 1 saturated heterocycles. The molecule has 4 atom stereocenters. The SMILES string of the molecule is Cc1nn(C)c(C)c1C[C@H](C)C(=O)N1[C@H](C(=O)O)C[C@@H]2CCCC[C@@H]21. The van der Waals surface area contributed by atoms with Gasteiger partial charge < -0.3 is 10.0 Å². The largest absolute Gasteiger partial charge is 0.480 e. The van der Waals surface area contributed by atoms with Gasteiger partial charge in [0.15, 0.2) is 0 Å². The van der Waals surface area contributed by atoms with Crippen LogP contribution < -0.4 is 0 Å². The molecule has 3 rings (SSSR count). The number of fused-ring (bicyclic) bond motifs is 1. The molecule has 0 radical (unpaired) electrons. The second-order valence-electron chi connectivity index (χ2n) is 7.83. The number of carboxylic acids is 1. The maximum Gasteiger partial charge on any atom is 0.326 e. The lowest BCUT2D eigenvalue weighted by atomic mass is 9.84. The molecular weight excluding hydrogens is 318 g/mol. The van der Waals surface area contributed by atoms with E-state index in [9.17, 15) is 14.7 Å². The van der Waals surface area contributed by atoms with Crippen LogP contribution in [0.1, 0.15) is 56.0 Å². The molecule has 1 aliphatic carbocycles. The molecule has 0 spiro atoms. The molecule has 2 aliphatic rings. The van der Waals surface area contributed by atoms with Crippen LogP contribution in [0.5, 0.6) is 0 Å². The number of amides is 1. The number of carbonyl (C=O) groups is 2. The van der Waals surface area contributed by atoms with Gasteiger partial charge in [-0.2, -0.15) is 5.10 Å². The first-order valence-electron chi connectivity index (χ1n) is 9.35. The summed E-state index contributed by atoms with van der Waals surface area (Å²) in [5.41, 5.74) is 3.13. The highest BCUT2D eigenvalue weighted by molar-refractivity contribution is 5.86. The normalized spacial score (nSPS) is 27.2. The minimum atomic E-state index is -0.858. The van der Waals surface area contributed by atoms with E-state index in [-0.39, 0.29) is 17.9 Å². The number of hydrogen-bond acceptors (Lipinski definition) is 3. The van der Waals surface area contributed by atoms with E-state index in [1.54, 1.807) is 4.90 Å². The van der Waals surface area contributed by atoms with E-state index in [1.165, 1.54) is 0 Å². The van der Waals surface area contributed by atoms with Crippen LogP contribution in [0.4, 0.5) is 0 Å². The third-order valence-corrected chi connectivity index (χ3v) is 6.22. The summed E-state index contributed by atoms with van der Waals surface area (Å²) in [7, 11) is 1.91. The van der Waals surface area contributed by atoms with E-state index in [0.717, 1.165) is 42.6 Å². The van der Waals surface area contributed by atoms with E-state index >= 15 is 0 Å². The number of hydrogen-bond donors (Lipinski definition) is 1. The van der Waals surface area contributed by atoms with Crippen LogP contribution >= 0.6 is 0 Å². The Morgan fingerprint density at radius 3 is 2.56 bits per heavy atom. The molecule has 1 N–H and O–H groups in total. The molecule has 25 heavy (non-hydrogen) atoms. The fraction of sp³-hybridized carbons (Fsp3) is 0.737. The van der Waals surface area contributed by atoms with Crippen LogP contribution in [0, 0.1) is 25.7 Å². The molecule has 1 aliphatic heterocycles. The van der Waals surface area contributed by atoms with Crippen LogP contribution in [-0.2, 0) is 23.1 Å². The lowest BCUT2D eigenvalue weighted by Crippen LogP contribution is -2.48. The number of aryl methyl sites for hydroxylation is 2. The predicted molar refractivity (Wildman–Crippen MR) is 94.2 cm³/mol. The number of aromatic nitrogens is 2. The maximum absolute atomic E-state index is 13.2. The molecule has 1 saturated carbocycles. The molecule has 0 unspecified atom stereocenters. The summed E-state index contributed by atoms with van der Waals surface area (Å²) in [5.74, 6) is -0.745. The van der Waals surface area contributed by atoms with E-state index in [4.69, 9.17) is 0 Å². The maximum atomic E-state index is 13.2. The predicted octanol–water partition coefficient (Wildman–Crippen LogP) is 2.46. The first kappa shape index (κ1) is 18.0. The van der Waals surface area contributed by atoms with Crippen molar-refractivity contribution in [3.05, 3.63) is 17.0 Å². The first-order valence-corrected chi connectivity index (χ1v) is 9.35. The zero-order valence-corrected chi connectivity index (χ0v) is 15.7. The third-order valence-electron chi connectivity index (χ3n) is 6.22. The van der Waals surface area contributed by atoms with Crippen molar-refractivity contribution < 1.29 is 14.7 Å². The Morgan fingerprint density at radius 2 is 1.96 bits per heavy atom. The van der Waals surface area contributed by atoms with Crippen molar-refractivity contribution in [2.75, 3.05) is 0 Å². The van der Waals surface area contributed by atoms with Gasteiger partial charge in [-0.1, -0.05) is 19.8 Å². The van der Waals surface area contributed by atoms with Crippen molar-refractivity contribution in [2.45, 2.75) is 71.4 Å². The number of carbonyl (C=O) groups excluding carboxylic acids is 1. The van der Waals surface area contributed by atoms with Crippen LogP contribution in [0.15, 0.2) is 0 Å². The van der Waals surface area contributed by atoms with Gasteiger partial charge in [0.05, 0.1) is 5.69 Å². The second kappa shape index (κ2) is 6.81. The van der Waals surface area contributed by atoms with Crippen LogP contribution in [0.3, 0.4) is 0 Å². The van der Waals surface area contributed by atoms with Gasteiger partial charge in [0.2, 0.25) is 5.91 Å². The summed E-state index contributed by atoms with van der Waals surface area (Å²) in [6, 6.07) is -0.542. The Hall–Kier alpha value is -1.85. The Balaban J connectivity index is 1.80. The lowest BCUT2D eigenvalue weighted by Gasteiger charge is -2.34. The fourth-order valence-corrected chi connectivity index (χ4v) is 4.76. The summed E-state index contributed by atoms with van der Waals surface area (Å²) in [5, 5.41) is 14.1. The molecule has 1 aromatic heterocycles. The standard InChI is InChI=1S/C19H29N3O3/c1-11(9-15-12(2)20-21(4)13(15)3)18(23)22-16-8-6-5-7-14(16)10-17(22)19(24)25/h11,14,16-17H,5-10H2,1-4H3,(H,24,25)/t11-,14-,16-,17-/m0/s1. The van der Waals surface area contributed by atoms with E-state index < -0.39 is 12.0 Å². The van der Waals surface area contributed by atoms with Gasteiger partial charge in [-0.3, -0.25) is 9.48 Å². The fourth-order valence-electron chi connectivity index (χ4n) is 4.76. The number of aliphatic carboxylic acids is 1. The average molecular weight is 347 g/mol. The van der Waals surface area contributed by atoms with Crippen LogP contribution in [0.2, 0.25) is 0 Å². The molecule has 2 heterocycles. The molecule has 2 fully saturated rings. The second-order valence-corrected chi connectivity index (χ2v) is 7.83. The van der Waals surface area contributed by atoms with Crippen molar-refractivity contribution in [2.24, 2.45) is 18.9 Å². The number of nitrogens with zero attached hydrogens (tertiary/aromatic N) is 3. The molecule has 1 aromatic rings. The van der Waals surface area contributed by atoms with Crippen molar-refractivity contribution in [3.8, 4) is 0 Å². The lowest BCUT2D eigenvalue weighted by molar-refractivity contribution is -0.151. The molecule has 0 bridgehead atoms. The molecule has 6 heteroatoms. The summed E-state index contributed by atoms with van der Waals surface area (Å²) in [6.07, 6.45) is 5.46. The van der Waals surface area contributed by atoms with Gasteiger partial charge in [0.25, 0.3) is 0 Å². The Kier molecular flexibility index (Phi) is 4.89. The van der Waals surface area contributed by atoms with Crippen LogP contribution in [0.25, 0.3) is 0 Å². The molecule has 6 nitrogen and oxygen atoms in total. The molecular formula is C19H29N3O3. The highest BCUT2D eigenvalue weighted by atomic mass is 16.4. The van der Waals surface area contributed by atoms with Crippen molar-refractivity contribution in [1.82, 2.24) is 14.7 Å². The minimum Gasteiger partial charge on any atom is -0.480 e. The number of carboxylic acid groups (broad SMARTS) is 1. The smallest absolute Gasteiger partial charge is 0.326 e. The van der Waals surface area contributed by atoms with Crippen LogP contribution in [-0.4, -0.2) is 43.7 Å². The summed E-state index contributed by atoms with van der Waals surface area (Å²) in [6.45, 7) is 5.90. The van der Waals surface area contributed by atoms with Gasteiger partial charge >= 0.3 is 5.97 Å². The Bertz CT molecular complexity index is 682. The van der Waals surface area contributed by atoms with Gasteiger partial charge in [-0.25, -0.2) is 4.79 Å². The molecule has 1 amide bonds. The van der Waals surface area contributed by atoms with Gasteiger partial charge in [0, 0.05) is 24.7 Å². The third kappa shape index (κ3) is 3.18. The summed E-state index contributed by atoms with van der Waals surface area (Å²) < 4.78 is 1.84. The summed E-state index contributed by atoms with van der Waals surface area (Å²) >= 11 is 0. The quantitative estimate of drug-likeness (QED) is 0.908. The summed E-state index contributed by atoms with van der Waals surface area (Å²) in [4.78, 5) is 26.6. The van der Waals surface area contributed by atoms with Gasteiger partial charge in [-0.15, -0.1) is 0 Å². The Morgan fingerprint density at radius 1 is 1.28 bits per heavy atom. The number of likely N-dealkylation sites (tertiary alicyclic amines) is 1. The first-order chi connectivity index (χ1) is 11.8. The molecule has 0 aromatic carbocycles. The molecule has 138 valence electrons. The van der Waals surface area contributed by atoms with Crippen molar-refractivity contribution >= 4 is 11.9 Å². The van der Waals surface area contributed by atoms with E-state index in [2.05, 4.69) is 5.10 Å². The van der Waals surface area contributed by atoms with Gasteiger partial charge in [0.1, 0.15) is 6.04 Å². The Labute approximate surface area is 149 Å². The van der Waals surface area contributed by atoms with E-state index in [1.807, 2.05) is 32.5 Å². The highest BCUT2D eigenvalue weighted by Gasteiger charge is 2.48. The highest BCUT2D eigenvalue weighted by Crippen LogP contribution is 2.40. The monoisotopic (exact) mass is 347 g/mol. The van der Waals surface area contributed by atoms with E-state index in [0.29, 0.717) is 18.8 Å². The van der Waals surface area contributed by atoms with Crippen molar-refractivity contribution in [1.29, 1.82) is 0 Å². The topological polar surface area (TPSA) is 75.4 Å². The average Bonchev–Trinajstić information content (AvgIpc) is 3.07. The minimum absolute atomic E-state index is 0.00977. The van der Waals surface area contributed by atoms with Gasteiger partial charge in [-0.05, 0) is 51.0 Å². The zero-order valence-electron chi connectivity index (χ0n) is 15.7. The number of rotatable bonds is 4.